The predicted molar refractivity (Wildman–Crippen MR) is 70.5 cm³/mol. The summed E-state index contributed by atoms with van der Waals surface area (Å²) in [6.45, 7) is 4.24. The minimum atomic E-state index is -0.483. The molecule has 1 aliphatic heterocycles. The molecule has 3 N–H and O–H groups in total. The predicted octanol–water partition coefficient (Wildman–Crippen LogP) is -0.569. The maximum absolute atomic E-state index is 12.0. The Morgan fingerprint density at radius 3 is 2.58 bits per heavy atom. The van der Waals surface area contributed by atoms with Crippen molar-refractivity contribution in [3.05, 3.63) is 0 Å². The van der Waals surface area contributed by atoms with Crippen LogP contribution in [0.4, 0.5) is 4.79 Å². The molecule has 1 heterocycles. The lowest BCUT2D eigenvalue weighted by Gasteiger charge is -2.25. The Labute approximate surface area is 113 Å². The van der Waals surface area contributed by atoms with Crippen LogP contribution in [0.3, 0.4) is 0 Å². The van der Waals surface area contributed by atoms with E-state index in [4.69, 9.17) is 0 Å². The van der Waals surface area contributed by atoms with E-state index in [0.717, 1.165) is 6.42 Å². The quantitative estimate of drug-likeness (QED) is 0.639. The fourth-order valence-corrected chi connectivity index (χ4v) is 1.99. The Morgan fingerprint density at radius 2 is 2.00 bits per heavy atom. The van der Waals surface area contributed by atoms with Gasteiger partial charge in [0.25, 0.3) is 0 Å². The lowest BCUT2D eigenvalue weighted by atomic mass is 10.2. The highest BCUT2D eigenvalue weighted by Crippen LogP contribution is 2.17. The van der Waals surface area contributed by atoms with E-state index in [2.05, 4.69) is 16.0 Å². The number of amides is 4. The van der Waals surface area contributed by atoms with Crippen molar-refractivity contribution in [2.24, 2.45) is 0 Å². The number of rotatable bonds is 4. The molecule has 0 aromatic rings. The zero-order valence-electron chi connectivity index (χ0n) is 11.7. The first-order chi connectivity index (χ1) is 8.95. The van der Waals surface area contributed by atoms with Gasteiger partial charge in [-0.15, -0.1) is 0 Å². The van der Waals surface area contributed by atoms with E-state index in [1.54, 1.807) is 0 Å². The van der Waals surface area contributed by atoms with Crippen LogP contribution in [0.15, 0.2) is 0 Å². The maximum Gasteiger partial charge on any atom is 0.318 e. The summed E-state index contributed by atoms with van der Waals surface area (Å²) in [5.74, 6) is -0.537. The maximum atomic E-state index is 12.0. The van der Waals surface area contributed by atoms with Gasteiger partial charge in [0, 0.05) is 19.6 Å². The largest absolute Gasteiger partial charge is 0.358 e. The number of urea groups is 1. The minimum absolute atomic E-state index is 0.0303. The van der Waals surface area contributed by atoms with Crippen LogP contribution in [0.1, 0.15) is 26.7 Å². The van der Waals surface area contributed by atoms with Crippen LogP contribution in [0.25, 0.3) is 0 Å². The molecule has 1 rings (SSSR count). The van der Waals surface area contributed by atoms with Gasteiger partial charge in [-0.3, -0.25) is 9.59 Å². The zero-order valence-corrected chi connectivity index (χ0v) is 11.7. The molecule has 0 saturated carbocycles. The minimum Gasteiger partial charge on any atom is -0.358 e. The Hall–Kier alpha value is -1.79. The van der Waals surface area contributed by atoms with Crippen molar-refractivity contribution in [3.8, 4) is 0 Å². The molecule has 108 valence electrons. The molecule has 19 heavy (non-hydrogen) atoms. The van der Waals surface area contributed by atoms with Gasteiger partial charge < -0.3 is 20.9 Å². The van der Waals surface area contributed by atoms with Gasteiger partial charge in [-0.05, 0) is 26.7 Å². The molecule has 7 nitrogen and oxygen atoms in total. The zero-order chi connectivity index (χ0) is 14.4. The van der Waals surface area contributed by atoms with Crippen molar-refractivity contribution in [2.75, 3.05) is 20.1 Å². The number of carbonyl (C=O) groups excluding carboxylic acids is 3. The summed E-state index contributed by atoms with van der Waals surface area (Å²) in [6.07, 6.45) is 1.43. The number of hydrogen-bond acceptors (Lipinski definition) is 3. The summed E-state index contributed by atoms with van der Waals surface area (Å²) in [6, 6.07) is -0.682. The first-order valence-corrected chi connectivity index (χ1v) is 6.51. The lowest BCUT2D eigenvalue weighted by molar-refractivity contribution is -0.128. The van der Waals surface area contributed by atoms with Gasteiger partial charge >= 0.3 is 6.03 Å². The number of nitrogens with zero attached hydrogens (tertiary/aromatic N) is 1. The summed E-state index contributed by atoms with van der Waals surface area (Å²) >= 11 is 0. The lowest BCUT2D eigenvalue weighted by Crippen LogP contribution is -2.51. The van der Waals surface area contributed by atoms with Crippen molar-refractivity contribution >= 4 is 17.8 Å². The van der Waals surface area contributed by atoms with Crippen LogP contribution in [0.5, 0.6) is 0 Å². The Morgan fingerprint density at radius 1 is 1.32 bits per heavy atom. The van der Waals surface area contributed by atoms with E-state index in [1.807, 2.05) is 13.8 Å². The monoisotopic (exact) mass is 270 g/mol. The molecule has 0 radical (unpaired) electrons. The third-order valence-electron chi connectivity index (χ3n) is 2.93. The molecule has 0 bridgehead atoms. The molecule has 4 amide bonds. The van der Waals surface area contributed by atoms with Crippen molar-refractivity contribution < 1.29 is 14.4 Å². The summed E-state index contributed by atoms with van der Waals surface area (Å²) in [7, 11) is 1.51. The van der Waals surface area contributed by atoms with Gasteiger partial charge in [-0.1, -0.05) is 0 Å². The van der Waals surface area contributed by atoms with Gasteiger partial charge in [0.05, 0.1) is 6.54 Å². The number of nitrogens with one attached hydrogen (secondary N) is 3. The molecule has 7 heteroatoms. The molecule has 1 aliphatic rings. The smallest absolute Gasteiger partial charge is 0.318 e. The second-order valence-corrected chi connectivity index (χ2v) is 4.85. The van der Waals surface area contributed by atoms with Crippen molar-refractivity contribution in [3.63, 3.8) is 0 Å². The second kappa shape index (κ2) is 6.96. The molecule has 0 aromatic heterocycles. The molecule has 0 aromatic carbocycles. The van der Waals surface area contributed by atoms with Crippen LogP contribution in [-0.4, -0.2) is 55.0 Å². The average Bonchev–Trinajstić information content (AvgIpc) is 2.83. The van der Waals surface area contributed by atoms with E-state index in [-0.39, 0.29) is 30.4 Å². The highest BCUT2D eigenvalue weighted by Gasteiger charge is 2.34. The van der Waals surface area contributed by atoms with Crippen molar-refractivity contribution in [2.45, 2.75) is 38.8 Å². The van der Waals surface area contributed by atoms with Crippen molar-refractivity contribution in [1.82, 2.24) is 20.9 Å². The van der Waals surface area contributed by atoms with Gasteiger partial charge in [0.15, 0.2) is 0 Å². The molecular formula is C12H22N4O3. The fourth-order valence-electron chi connectivity index (χ4n) is 1.99. The second-order valence-electron chi connectivity index (χ2n) is 4.85. The van der Waals surface area contributed by atoms with Gasteiger partial charge in [0.2, 0.25) is 11.8 Å². The van der Waals surface area contributed by atoms with E-state index in [0.29, 0.717) is 13.0 Å². The van der Waals surface area contributed by atoms with Crippen molar-refractivity contribution in [1.29, 1.82) is 0 Å². The van der Waals surface area contributed by atoms with Gasteiger partial charge in [0.1, 0.15) is 6.04 Å². The number of likely N-dealkylation sites (N-methyl/N-ethyl adjacent to an activating group) is 1. The third-order valence-corrected chi connectivity index (χ3v) is 2.93. The van der Waals surface area contributed by atoms with Crippen LogP contribution >= 0.6 is 0 Å². The normalized spacial score (nSPS) is 18.3. The molecule has 0 unspecified atom stereocenters. The number of hydrogen-bond donors (Lipinski definition) is 3. The summed E-state index contributed by atoms with van der Waals surface area (Å²) < 4.78 is 0. The Kier molecular flexibility index (Phi) is 5.59. The Balaban J connectivity index is 2.53. The van der Waals surface area contributed by atoms with E-state index in [9.17, 15) is 14.4 Å². The number of likely N-dealkylation sites (tertiary alicyclic amines) is 1. The highest BCUT2D eigenvalue weighted by atomic mass is 16.2. The topological polar surface area (TPSA) is 90.5 Å². The van der Waals surface area contributed by atoms with Gasteiger partial charge in [-0.25, -0.2) is 4.79 Å². The summed E-state index contributed by atoms with van der Waals surface area (Å²) in [4.78, 5) is 36.5. The van der Waals surface area contributed by atoms with Crippen LogP contribution in [0, 0.1) is 0 Å². The fraction of sp³-hybridized carbons (Fsp3) is 0.750. The van der Waals surface area contributed by atoms with E-state index >= 15 is 0 Å². The van der Waals surface area contributed by atoms with Gasteiger partial charge in [-0.2, -0.15) is 0 Å². The first-order valence-electron chi connectivity index (χ1n) is 6.51. The van der Waals surface area contributed by atoms with Crippen LogP contribution in [-0.2, 0) is 9.59 Å². The molecular weight excluding hydrogens is 248 g/mol. The van der Waals surface area contributed by atoms with E-state index in [1.165, 1.54) is 11.9 Å². The van der Waals surface area contributed by atoms with Crippen LogP contribution in [0.2, 0.25) is 0 Å². The first kappa shape index (κ1) is 15.3. The molecule has 1 saturated heterocycles. The Bertz CT molecular complexity index is 357. The molecule has 1 fully saturated rings. The summed E-state index contributed by atoms with van der Waals surface area (Å²) in [5, 5.41) is 7.74. The molecule has 1 atom stereocenters. The van der Waals surface area contributed by atoms with Crippen LogP contribution < -0.4 is 16.0 Å². The highest BCUT2D eigenvalue weighted by molar-refractivity contribution is 5.90. The molecule has 0 aliphatic carbocycles. The van der Waals surface area contributed by atoms with E-state index < -0.39 is 6.04 Å². The standard InChI is InChI=1S/C12H22N4O3/c1-8(2)15-12(19)16-6-4-5-9(16)11(18)14-7-10(17)13-3/h8-9H,4-7H2,1-3H3,(H,13,17)(H,14,18)(H,15,19)/t9-/m1/s1. The number of carbonyl (C=O) groups is 3. The summed E-state index contributed by atoms with van der Waals surface area (Å²) in [5.41, 5.74) is 0. The SMILES string of the molecule is CNC(=O)CNC(=O)[C@H]1CCCN1C(=O)NC(C)C. The molecule has 0 spiro atoms. The average molecular weight is 270 g/mol. The third kappa shape index (κ3) is 4.42.